The molecule has 0 atom stereocenters. The van der Waals surface area contributed by atoms with Gasteiger partial charge >= 0.3 is 6.18 Å². The first-order valence-corrected chi connectivity index (χ1v) is 6.04. The Morgan fingerprint density at radius 2 is 2.07 bits per heavy atom. The maximum absolute atomic E-state index is 11.9. The summed E-state index contributed by atoms with van der Waals surface area (Å²) in [5.41, 5.74) is 0. The molecule has 0 radical (unpaired) electrons. The molecule has 0 aromatic carbocycles. The maximum atomic E-state index is 11.9. The van der Waals surface area contributed by atoms with Crippen molar-refractivity contribution in [3.05, 3.63) is 9.90 Å². The van der Waals surface area contributed by atoms with Gasteiger partial charge in [0.2, 0.25) is 10.0 Å². The minimum atomic E-state index is -4.45. The van der Waals surface area contributed by atoms with E-state index in [0.29, 0.717) is 4.68 Å². The standard InChI is InChI=1S/C5H5F3IN3O2S/c6-5(7,8)2-12-1-3(4(9)11-12)15(10,13)14/h1H,2H2,(H2,10,13,14). The van der Waals surface area contributed by atoms with E-state index in [1.54, 1.807) is 0 Å². The number of hydrogen-bond donors (Lipinski definition) is 1. The molecule has 0 aliphatic heterocycles. The van der Waals surface area contributed by atoms with Crippen molar-refractivity contribution in [2.75, 3.05) is 0 Å². The summed E-state index contributed by atoms with van der Waals surface area (Å²) in [4.78, 5) is -0.410. The number of sulfonamides is 1. The fourth-order valence-electron chi connectivity index (χ4n) is 0.835. The summed E-state index contributed by atoms with van der Waals surface area (Å²) in [5, 5.41) is 8.15. The normalized spacial score (nSPS) is 13.1. The third kappa shape index (κ3) is 3.61. The van der Waals surface area contributed by atoms with Crippen LogP contribution in [0.1, 0.15) is 0 Å². The van der Waals surface area contributed by atoms with Gasteiger partial charge in [-0.25, -0.2) is 13.6 Å². The van der Waals surface area contributed by atoms with E-state index in [1.165, 1.54) is 22.6 Å². The molecular weight excluding hydrogens is 350 g/mol. The zero-order valence-corrected chi connectivity index (χ0v) is 9.97. The van der Waals surface area contributed by atoms with E-state index in [4.69, 9.17) is 5.14 Å². The van der Waals surface area contributed by atoms with Gasteiger partial charge in [-0.1, -0.05) is 0 Å². The number of alkyl halides is 3. The zero-order chi connectivity index (χ0) is 11.9. The summed E-state index contributed by atoms with van der Waals surface area (Å²) in [6.45, 7) is -1.35. The van der Waals surface area contributed by atoms with Crippen LogP contribution in [-0.2, 0) is 16.6 Å². The third-order valence-electron chi connectivity index (χ3n) is 1.33. The van der Waals surface area contributed by atoms with Crippen LogP contribution in [-0.4, -0.2) is 24.4 Å². The molecule has 0 unspecified atom stereocenters. The quantitative estimate of drug-likeness (QED) is 0.794. The maximum Gasteiger partial charge on any atom is 0.408 e. The Morgan fingerprint density at radius 3 is 2.40 bits per heavy atom. The van der Waals surface area contributed by atoms with Crippen molar-refractivity contribution in [3.63, 3.8) is 0 Å². The van der Waals surface area contributed by atoms with Gasteiger partial charge in [0, 0.05) is 6.20 Å². The molecule has 5 nitrogen and oxygen atoms in total. The number of rotatable bonds is 2. The number of hydrogen-bond acceptors (Lipinski definition) is 3. The molecule has 0 spiro atoms. The molecule has 0 saturated carbocycles. The SMILES string of the molecule is NS(=O)(=O)c1cn(CC(F)(F)F)nc1I. The van der Waals surface area contributed by atoms with Crippen LogP contribution < -0.4 is 5.14 Å². The molecule has 0 saturated heterocycles. The zero-order valence-electron chi connectivity index (χ0n) is 6.99. The van der Waals surface area contributed by atoms with Gasteiger partial charge in [-0.2, -0.15) is 18.3 Å². The predicted molar refractivity (Wildman–Crippen MR) is 52.4 cm³/mol. The fourth-order valence-corrected chi connectivity index (χ4v) is 2.72. The number of halogens is 4. The van der Waals surface area contributed by atoms with Crippen LogP contribution in [0.3, 0.4) is 0 Å². The molecule has 2 N–H and O–H groups in total. The van der Waals surface area contributed by atoms with Crippen molar-refractivity contribution in [1.29, 1.82) is 0 Å². The summed E-state index contributed by atoms with van der Waals surface area (Å²) in [6.07, 6.45) is -3.70. The van der Waals surface area contributed by atoms with Crippen molar-refractivity contribution < 1.29 is 21.6 Å². The summed E-state index contributed by atoms with van der Waals surface area (Å²) in [6, 6.07) is 0. The Morgan fingerprint density at radius 1 is 1.53 bits per heavy atom. The highest BCUT2D eigenvalue weighted by molar-refractivity contribution is 14.1. The summed E-state index contributed by atoms with van der Waals surface area (Å²) in [5.74, 6) is 0. The molecule has 1 aromatic rings. The second-order valence-electron chi connectivity index (χ2n) is 2.64. The van der Waals surface area contributed by atoms with E-state index in [2.05, 4.69) is 5.10 Å². The van der Waals surface area contributed by atoms with Crippen LogP contribution in [0.15, 0.2) is 11.1 Å². The van der Waals surface area contributed by atoms with Gasteiger partial charge in [-0.05, 0) is 22.6 Å². The molecule has 1 heterocycles. The largest absolute Gasteiger partial charge is 0.408 e. The Balaban J connectivity index is 3.08. The van der Waals surface area contributed by atoms with E-state index in [-0.39, 0.29) is 3.70 Å². The van der Waals surface area contributed by atoms with Crippen molar-refractivity contribution in [3.8, 4) is 0 Å². The van der Waals surface area contributed by atoms with E-state index in [1.807, 2.05) is 0 Å². The van der Waals surface area contributed by atoms with Gasteiger partial charge in [0.1, 0.15) is 15.1 Å². The molecular formula is C5H5F3IN3O2S. The van der Waals surface area contributed by atoms with Crippen LogP contribution in [0, 0.1) is 3.70 Å². The molecule has 0 bridgehead atoms. The summed E-state index contributed by atoms with van der Waals surface area (Å²) in [7, 11) is -4.03. The molecule has 10 heteroatoms. The number of primary sulfonamides is 1. The lowest BCUT2D eigenvalue weighted by molar-refractivity contribution is -0.142. The highest BCUT2D eigenvalue weighted by Gasteiger charge is 2.29. The topological polar surface area (TPSA) is 78.0 Å². The van der Waals surface area contributed by atoms with Gasteiger partial charge in [0.25, 0.3) is 0 Å². The molecule has 0 amide bonds. The second kappa shape index (κ2) is 3.90. The van der Waals surface area contributed by atoms with E-state index < -0.39 is 27.6 Å². The van der Waals surface area contributed by atoms with Gasteiger partial charge in [-0.15, -0.1) is 0 Å². The van der Waals surface area contributed by atoms with Gasteiger partial charge in [0.05, 0.1) is 0 Å². The second-order valence-corrected chi connectivity index (χ2v) is 5.19. The molecule has 1 aromatic heterocycles. The Bertz CT molecular complexity index is 466. The number of aromatic nitrogens is 2. The van der Waals surface area contributed by atoms with Crippen molar-refractivity contribution in [1.82, 2.24) is 9.78 Å². The Hall–Kier alpha value is -0.360. The van der Waals surface area contributed by atoms with Crippen LogP contribution in [0.2, 0.25) is 0 Å². The van der Waals surface area contributed by atoms with Crippen LogP contribution in [0.5, 0.6) is 0 Å². The average Bonchev–Trinajstić information content (AvgIpc) is 2.25. The van der Waals surface area contributed by atoms with E-state index in [0.717, 1.165) is 6.20 Å². The van der Waals surface area contributed by atoms with Crippen molar-refractivity contribution in [2.45, 2.75) is 17.6 Å². The lowest BCUT2D eigenvalue weighted by atomic mass is 10.6. The van der Waals surface area contributed by atoms with Crippen molar-refractivity contribution >= 4 is 32.6 Å². The smallest absolute Gasteiger partial charge is 0.261 e. The third-order valence-corrected chi connectivity index (χ3v) is 3.41. The molecule has 0 aliphatic rings. The van der Waals surface area contributed by atoms with Gasteiger partial charge < -0.3 is 0 Å². The monoisotopic (exact) mass is 355 g/mol. The van der Waals surface area contributed by atoms with Crippen molar-refractivity contribution in [2.24, 2.45) is 5.14 Å². The first kappa shape index (κ1) is 12.7. The molecule has 0 fully saturated rings. The van der Waals surface area contributed by atoms with Gasteiger partial charge in [0.15, 0.2) is 0 Å². The number of nitrogens with two attached hydrogens (primary N) is 1. The minimum Gasteiger partial charge on any atom is -0.261 e. The first-order chi connectivity index (χ1) is 6.59. The van der Waals surface area contributed by atoms with E-state index >= 15 is 0 Å². The lowest BCUT2D eigenvalue weighted by Gasteiger charge is -2.04. The first-order valence-electron chi connectivity index (χ1n) is 3.42. The fraction of sp³-hybridized carbons (Fsp3) is 0.400. The van der Waals surface area contributed by atoms with Crippen LogP contribution in [0.25, 0.3) is 0 Å². The summed E-state index contributed by atoms with van der Waals surface area (Å²) < 4.78 is 58.0. The Labute approximate surface area is 96.6 Å². The molecule has 0 aliphatic carbocycles. The highest BCUT2D eigenvalue weighted by Crippen LogP contribution is 2.20. The highest BCUT2D eigenvalue weighted by atomic mass is 127. The number of nitrogens with zero attached hydrogens (tertiary/aromatic N) is 2. The van der Waals surface area contributed by atoms with Gasteiger partial charge in [-0.3, -0.25) is 4.68 Å². The lowest BCUT2D eigenvalue weighted by Crippen LogP contribution is -2.18. The molecule has 15 heavy (non-hydrogen) atoms. The summed E-state index contributed by atoms with van der Waals surface area (Å²) >= 11 is 1.50. The van der Waals surface area contributed by atoms with E-state index in [9.17, 15) is 21.6 Å². The minimum absolute atomic E-state index is 0.0839. The Kier molecular flexibility index (Phi) is 3.30. The average molecular weight is 355 g/mol. The molecule has 86 valence electrons. The van der Waals surface area contributed by atoms with Crippen LogP contribution in [0.4, 0.5) is 13.2 Å². The van der Waals surface area contributed by atoms with Crippen LogP contribution >= 0.6 is 22.6 Å². The molecule has 1 rings (SSSR count). The predicted octanol–water partition coefficient (Wildman–Crippen LogP) is 0.697.